The Morgan fingerprint density at radius 1 is 1.11 bits per heavy atom. The Balaban J connectivity index is 1.88. The van der Waals surface area contributed by atoms with Gasteiger partial charge in [-0.25, -0.2) is 4.39 Å². The van der Waals surface area contributed by atoms with E-state index in [0.29, 0.717) is 5.92 Å². The van der Waals surface area contributed by atoms with Crippen molar-refractivity contribution < 1.29 is 4.39 Å². The summed E-state index contributed by atoms with van der Waals surface area (Å²) in [6.45, 7) is 7.11. The maximum absolute atomic E-state index is 12.8. The molecule has 2 nitrogen and oxygen atoms in total. The van der Waals surface area contributed by atoms with E-state index in [-0.39, 0.29) is 5.82 Å². The van der Waals surface area contributed by atoms with Crippen molar-refractivity contribution in [3.63, 3.8) is 0 Å². The average Bonchev–Trinajstić information content (AvgIpc) is 2.79. The fourth-order valence-electron chi connectivity index (χ4n) is 2.00. The highest BCUT2D eigenvalue weighted by Gasteiger charge is 2.00. The van der Waals surface area contributed by atoms with Crippen LogP contribution in [0.1, 0.15) is 25.0 Å². The molecule has 0 unspecified atom stereocenters. The maximum Gasteiger partial charge on any atom is 0.123 e. The van der Waals surface area contributed by atoms with Crippen LogP contribution in [0.2, 0.25) is 0 Å². The number of nitrogens with one attached hydrogen (secondary N) is 1. The third-order valence-electron chi connectivity index (χ3n) is 2.97. The Hall–Kier alpha value is -1.61. The lowest BCUT2D eigenvalue weighted by atomic mass is 10.2. The number of hydrogen-bond donors (Lipinski definition) is 1. The second-order valence-electron chi connectivity index (χ2n) is 5.34. The zero-order valence-corrected chi connectivity index (χ0v) is 11.6. The summed E-state index contributed by atoms with van der Waals surface area (Å²) in [6, 6.07) is 8.78. The summed E-state index contributed by atoms with van der Waals surface area (Å²) in [5, 5.41) is 3.42. The Labute approximate surface area is 114 Å². The highest BCUT2D eigenvalue weighted by molar-refractivity contribution is 5.18. The smallest absolute Gasteiger partial charge is 0.123 e. The molecule has 1 aromatic heterocycles. The SMILES string of the molecule is CC(C)CNCc1ccn(Cc2ccc(F)cc2)c1. The second-order valence-corrected chi connectivity index (χ2v) is 5.34. The van der Waals surface area contributed by atoms with Gasteiger partial charge in [0, 0.05) is 25.5 Å². The molecule has 0 spiro atoms. The Bertz CT molecular complexity index is 500. The van der Waals surface area contributed by atoms with Crippen molar-refractivity contribution in [1.82, 2.24) is 9.88 Å². The van der Waals surface area contributed by atoms with Crippen LogP contribution in [0, 0.1) is 11.7 Å². The molecule has 19 heavy (non-hydrogen) atoms. The first kappa shape index (κ1) is 13.8. The molecule has 1 N–H and O–H groups in total. The van der Waals surface area contributed by atoms with Gasteiger partial charge < -0.3 is 9.88 Å². The zero-order valence-electron chi connectivity index (χ0n) is 11.6. The lowest BCUT2D eigenvalue weighted by Gasteiger charge is -2.06. The monoisotopic (exact) mass is 260 g/mol. The van der Waals surface area contributed by atoms with E-state index in [1.807, 2.05) is 12.1 Å². The van der Waals surface area contributed by atoms with Gasteiger partial charge in [-0.3, -0.25) is 0 Å². The van der Waals surface area contributed by atoms with Gasteiger partial charge in [0.15, 0.2) is 0 Å². The number of nitrogens with zero attached hydrogens (tertiary/aromatic N) is 1. The van der Waals surface area contributed by atoms with Crippen LogP contribution in [0.15, 0.2) is 42.7 Å². The summed E-state index contributed by atoms with van der Waals surface area (Å²) in [5.74, 6) is 0.483. The predicted molar refractivity (Wildman–Crippen MR) is 76.5 cm³/mol. The predicted octanol–water partition coefficient (Wildman–Crippen LogP) is 3.42. The molecule has 0 aliphatic heterocycles. The van der Waals surface area contributed by atoms with Gasteiger partial charge in [-0.1, -0.05) is 26.0 Å². The zero-order chi connectivity index (χ0) is 13.7. The minimum Gasteiger partial charge on any atom is -0.350 e. The average molecular weight is 260 g/mol. The normalized spacial score (nSPS) is 11.2. The quantitative estimate of drug-likeness (QED) is 0.842. The number of rotatable bonds is 6. The van der Waals surface area contributed by atoms with Gasteiger partial charge in [0.2, 0.25) is 0 Å². The van der Waals surface area contributed by atoms with Crippen molar-refractivity contribution in [3.8, 4) is 0 Å². The first-order chi connectivity index (χ1) is 9.13. The van der Waals surface area contributed by atoms with Crippen LogP contribution >= 0.6 is 0 Å². The third kappa shape index (κ3) is 4.52. The molecule has 0 aliphatic carbocycles. The van der Waals surface area contributed by atoms with Gasteiger partial charge in [0.1, 0.15) is 5.82 Å². The van der Waals surface area contributed by atoms with Crippen molar-refractivity contribution in [2.45, 2.75) is 26.9 Å². The van der Waals surface area contributed by atoms with Crippen LogP contribution in [0.25, 0.3) is 0 Å². The number of aromatic nitrogens is 1. The Morgan fingerprint density at radius 2 is 1.84 bits per heavy atom. The molecule has 3 heteroatoms. The summed E-state index contributed by atoms with van der Waals surface area (Å²) < 4.78 is 14.9. The largest absolute Gasteiger partial charge is 0.350 e. The maximum atomic E-state index is 12.8. The number of benzene rings is 1. The van der Waals surface area contributed by atoms with Crippen LogP contribution in [0.3, 0.4) is 0 Å². The van der Waals surface area contributed by atoms with Gasteiger partial charge in [0.25, 0.3) is 0 Å². The molecule has 0 bridgehead atoms. The van der Waals surface area contributed by atoms with Crippen LogP contribution in [-0.4, -0.2) is 11.1 Å². The van der Waals surface area contributed by atoms with E-state index in [1.165, 1.54) is 17.7 Å². The molecular formula is C16H21FN2. The molecule has 0 saturated carbocycles. The van der Waals surface area contributed by atoms with Crippen molar-refractivity contribution in [3.05, 3.63) is 59.7 Å². The van der Waals surface area contributed by atoms with Crippen molar-refractivity contribution in [1.29, 1.82) is 0 Å². The molecule has 0 atom stereocenters. The van der Waals surface area contributed by atoms with E-state index in [0.717, 1.165) is 25.2 Å². The summed E-state index contributed by atoms with van der Waals surface area (Å²) in [5.41, 5.74) is 2.39. The third-order valence-corrected chi connectivity index (χ3v) is 2.97. The lowest BCUT2D eigenvalue weighted by molar-refractivity contribution is 0.552. The summed E-state index contributed by atoms with van der Waals surface area (Å²) in [7, 11) is 0. The topological polar surface area (TPSA) is 17.0 Å². The van der Waals surface area contributed by atoms with Gasteiger partial charge in [-0.05, 0) is 41.8 Å². The molecule has 0 aliphatic rings. The van der Waals surface area contributed by atoms with Crippen molar-refractivity contribution in [2.75, 3.05) is 6.54 Å². The van der Waals surface area contributed by atoms with E-state index in [2.05, 4.69) is 42.2 Å². The number of hydrogen-bond acceptors (Lipinski definition) is 1. The van der Waals surface area contributed by atoms with Crippen LogP contribution < -0.4 is 5.32 Å². The first-order valence-corrected chi connectivity index (χ1v) is 6.73. The van der Waals surface area contributed by atoms with Crippen LogP contribution in [-0.2, 0) is 13.1 Å². The van der Waals surface area contributed by atoms with E-state index in [4.69, 9.17) is 0 Å². The molecular weight excluding hydrogens is 239 g/mol. The molecule has 0 amide bonds. The van der Waals surface area contributed by atoms with Gasteiger partial charge in [-0.2, -0.15) is 0 Å². The summed E-state index contributed by atoms with van der Waals surface area (Å²) in [6.07, 6.45) is 4.20. The second kappa shape index (κ2) is 6.53. The number of halogens is 1. The van der Waals surface area contributed by atoms with Crippen molar-refractivity contribution >= 4 is 0 Å². The summed E-state index contributed by atoms with van der Waals surface area (Å²) in [4.78, 5) is 0. The molecule has 2 aromatic rings. The highest BCUT2D eigenvalue weighted by atomic mass is 19.1. The molecule has 0 saturated heterocycles. The minimum atomic E-state index is -0.185. The molecule has 2 rings (SSSR count). The minimum absolute atomic E-state index is 0.185. The highest BCUT2D eigenvalue weighted by Crippen LogP contribution is 2.08. The standard InChI is InChI=1S/C16H21FN2/c1-13(2)9-18-10-15-7-8-19(12-15)11-14-3-5-16(17)6-4-14/h3-8,12-13,18H,9-11H2,1-2H3. The van der Waals surface area contributed by atoms with Crippen LogP contribution in [0.5, 0.6) is 0 Å². The Morgan fingerprint density at radius 3 is 2.53 bits per heavy atom. The van der Waals surface area contributed by atoms with E-state index in [9.17, 15) is 4.39 Å². The molecule has 0 radical (unpaired) electrons. The molecule has 1 aromatic carbocycles. The molecule has 1 heterocycles. The molecule has 102 valence electrons. The van der Waals surface area contributed by atoms with Gasteiger partial charge in [0.05, 0.1) is 0 Å². The Kier molecular flexibility index (Phi) is 4.74. The summed E-state index contributed by atoms with van der Waals surface area (Å²) >= 11 is 0. The molecule has 0 fully saturated rings. The van der Waals surface area contributed by atoms with Gasteiger partial charge in [-0.15, -0.1) is 0 Å². The fourth-order valence-corrected chi connectivity index (χ4v) is 2.00. The van der Waals surface area contributed by atoms with Crippen molar-refractivity contribution in [2.24, 2.45) is 5.92 Å². The van der Waals surface area contributed by atoms with Crippen LogP contribution in [0.4, 0.5) is 4.39 Å². The lowest BCUT2D eigenvalue weighted by Crippen LogP contribution is -2.18. The van der Waals surface area contributed by atoms with Gasteiger partial charge >= 0.3 is 0 Å². The van der Waals surface area contributed by atoms with E-state index in [1.54, 1.807) is 0 Å². The van der Waals surface area contributed by atoms with E-state index >= 15 is 0 Å². The fraction of sp³-hybridized carbons (Fsp3) is 0.375. The first-order valence-electron chi connectivity index (χ1n) is 6.73. The van der Waals surface area contributed by atoms with E-state index < -0.39 is 0 Å².